The number of rotatable bonds is 0. The van der Waals surface area contributed by atoms with Gasteiger partial charge in [-0.3, -0.25) is 0 Å². The van der Waals surface area contributed by atoms with Gasteiger partial charge in [0.1, 0.15) is 4.60 Å². The van der Waals surface area contributed by atoms with Gasteiger partial charge in [0, 0.05) is 16.1 Å². The summed E-state index contributed by atoms with van der Waals surface area (Å²) in [6, 6.07) is 8.14. The van der Waals surface area contributed by atoms with Crippen LogP contribution in [0.5, 0.6) is 0 Å². The third kappa shape index (κ3) is 1.52. The van der Waals surface area contributed by atoms with E-state index in [9.17, 15) is 0 Å². The Bertz CT molecular complexity index is 385. The number of hydrogen-bond donors (Lipinski definition) is 0. The van der Waals surface area contributed by atoms with Crippen LogP contribution in [-0.4, -0.2) is 4.98 Å². The van der Waals surface area contributed by atoms with Gasteiger partial charge in [-0.25, -0.2) is 4.98 Å². The standard InChI is InChI=1S/C9H5Br2N/c10-8-2-1-6-4-9(11)12-5-7(6)3-8/h1-5H. The fourth-order valence-electron chi connectivity index (χ4n) is 1.09. The number of pyridine rings is 1. The molecule has 0 saturated heterocycles. The third-order valence-corrected chi connectivity index (χ3v) is 2.58. The SMILES string of the molecule is Brc1ccc2cc(Br)ncc2c1. The van der Waals surface area contributed by atoms with Gasteiger partial charge < -0.3 is 0 Å². The van der Waals surface area contributed by atoms with Crippen molar-refractivity contribution in [3.8, 4) is 0 Å². The van der Waals surface area contributed by atoms with E-state index in [2.05, 4.69) is 49.0 Å². The molecule has 2 aromatic rings. The summed E-state index contributed by atoms with van der Waals surface area (Å²) in [6.07, 6.45) is 1.85. The highest BCUT2D eigenvalue weighted by molar-refractivity contribution is 9.10. The van der Waals surface area contributed by atoms with Crippen LogP contribution in [0.2, 0.25) is 0 Å². The Kier molecular flexibility index (Phi) is 2.15. The average molecular weight is 287 g/mol. The second-order valence-corrected chi connectivity index (χ2v) is 4.23. The number of aromatic nitrogens is 1. The third-order valence-electron chi connectivity index (χ3n) is 1.65. The maximum atomic E-state index is 4.14. The van der Waals surface area contributed by atoms with Crippen molar-refractivity contribution in [2.45, 2.75) is 0 Å². The first kappa shape index (κ1) is 8.20. The highest BCUT2D eigenvalue weighted by atomic mass is 79.9. The lowest BCUT2D eigenvalue weighted by Gasteiger charge is -1.97. The molecule has 0 fully saturated rings. The molecule has 0 radical (unpaired) electrons. The maximum Gasteiger partial charge on any atom is 0.106 e. The molecule has 0 bridgehead atoms. The Balaban J connectivity index is 2.79. The van der Waals surface area contributed by atoms with Gasteiger partial charge in [-0.1, -0.05) is 22.0 Å². The van der Waals surface area contributed by atoms with E-state index in [-0.39, 0.29) is 0 Å². The van der Waals surface area contributed by atoms with Crippen LogP contribution >= 0.6 is 31.9 Å². The van der Waals surface area contributed by atoms with Gasteiger partial charge in [0.2, 0.25) is 0 Å². The van der Waals surface area contributed by atoms with Crippen molar-refractivity contribution in [1.82, 2.24) is 4.98 Å². The molecule has 0 spiro atoms. The minimum atomic E-state index is 0.873. The first-order valence-electron chi connectivity index (χ1n) is 3.46. The van der Waals surface area contributed by atoms with Gasteiger partial charge in [-0.15, -0.1) is 0 Å². The molecule has 0 aliphatic heterocycles. The lowest BCUT2D eigenvalue weighted by atomic mass is 10.2. The molecule has 1 aromatic heterocycles. The quantitative estimate of drug-likeness (QED) is 0.672. The molecule has 2 rings (SSSR count). The van der Waals surface area contributed by atoms with Crippen molar-refractivity contribution >= 4 is 42.6 Å². The molecule has 12 heavy (non-hydrogen) atoms. The molecular formula is C9H5Br2N. The number of halogens is 2. The first-order valence-corrected chi connectivity index (χ1v) is 5.05. The predicted octanol–water partition coefficient (Wildman–Crippen LogP) is 3.76. The summed E-state index contributed by atoms with van der Waals surface area (Å²) < 4.78 is 1.96. The summed E-state index contributed by atoms with van der Waals surface area (Å²) in [5.41, 5.74) is 0. The largest absolute Gasteiger partial charge is 0.249 e. The molecule has 1 nitrogen and oxygen atoms in total. The van der Waals surface area contributed by atoms with Gasteiger partial charge in [0.25, 0.3) is 0 Å². The molecule has 60 valence electrons. The van der Waals surface area contributed by atoms with E-state index in [0.717, 1.165) is 14.5 Å². The Morgan fingerprint density at radius 3 is 2.67 bits per heavy atom. The predicted molar refractivity (Wildman–Crippen MR) is 57.1 cm³/mol. The van der Waals surface area contributed by atoms with Crippen molar-refractivity contribution in [1.29, 1.82) is 0 Å². The van der Waals surface area contributed by atoms with Crippen LogP contribution in [0.3, 0.4) is 0 Å². The summed E-state index contributed by atoms with van der Waals surface area (Å²) in [7, 11) is 0. The van der Waals surface area contributed by atoms with Crippen LogP contribution in [0.1, 0.15) is 0 Å². The van der Waals surface area contributed by atoms with Crippen molar-refractivity contribution in [2.24, 2.45) is 0 Å². The van der Waals surface area contributed by atoms with Crippen LogP contribution in [0.4, 0.5) is 0 Å². The zero-order valence-corrected chi connectivity index (χ0v) is 9.26. The van der Waals surface area contributed by atoms with E-state index in [0.29, 0.717) is 0 Å². The van der Waals surface area contributed by atoms with E-state index in [1.54, 1.807) is 0 Å². The Labute approximate surface area is 87.1 Å². The van der Waals surface area contributed by atoms with Crippen LogP contribution in [0.15, 0.2) is 39.5 Å². The summed E-state index contributed by atoms with van der Waals surface area (Å²) in [6.45, 7) is 0. The zero-order chi connectivity index (χ0) is 8.55. The fraction of sp³-hybridized carbons (Fsp3) is 0. The Morgan fingerprint density at radius 2 is 1.83 bits per heavy atom. The van der Waals surface area contributed by atoms with E-state index in [4.69, 9.17) is 0 Å². The van der Waals surface area contributed by atoms with Crippen molar-refractivity contribution in [3.05, 3.63) is 39.5 Å². The van der Waals surface area contributed by atoms with Crippen LogP contribution in [0.25, 0.3) is 10.8 Å². The second kappa shape index (κ2) is 3.15. The maximum absolute atomic E-state index is 4.14. The normalized spacial score (nSPS) is 10.5. The molecule has 0 amide bonds. The second-order valence-electron chi connectivity index (χ2n) is 2.50. The van der Waals surface area contributed by atoms with E-state index in [1.807, 2.05) is 18.3 Å². The summed E-state index contributed by atoms with van der Waals surface area (Å²) in [5, 5.41) is 2.34. The lowest BCUT2D eigenvalue weighted by Crippen LogP contribution is -1.77. The van der Waals surface area contributed by atoms with Crippen molar-refractivity contribution in [3.63, 3.8) is 0 Å². The average Bonchev–Trinajstić information content (AvgIpc) is 2.05. The molecule has 0 atom stereocenters. The number of hydrogen-bond acceptors (Lipinski definition) is 1. The number of benzene rings is 1. The van der Waals surface area contributed by atoms with Crippen molar-refractivity contribution in [2.75, 3.05) is 0 Å². The van der Waals surface area contributed by atoms with Crippen molar-refractivity contribution < 1.29 is 0 Å². The monoisotopic (exact) mass is 285 g/mol. The molecule has 1 aromatic carbocycles. The first-order chi connectivity index (χ1) is 5.75. The van der Waals surface area contributed by atoms with Gasteiger partial charge >= 0.3 is 0 Å². The minimum Gasteiger partial charge on any atom is -0.249 e. The molecule has 3 heteroatoms. The van der Waals surface area contributed by atoms with E-state index in [1.165, 1.54) is 5.39 Å². The molecule has 0 N–H and O–H groups in total. The molecule has 0 aliphatic rings. The highest BCUT2D eigenvalue weighted by Crippen LogP contribution is 2.20. The van der Waals surface area contributed by atoms with Gasteiger partial charge in [-0.05, 0) is 39.5 Å². The van der Waals surface area contributed by atoms with Crippen LogP contribution in [0, 0.1) is 0 Å². The molecular weight excluding hydrogens is 282 g/mol. The highest BCUT2D eigenvalue weighted by Gasteiger charge is 1.95. The molecule has 1 heterocycles. The summed E-state index contributed by atoms with van der Waals surface area (Å²) >= 11 is 6.74. The van der Waals surface area contributed by atoms with Gasteiger partial charge in [0.05, 0.1) is 0 Å². The van der Waals surface area contributed by atoms with Crippen LogP contribution in [-0.2, 0) is 0 Å². The van der Waals surface area contributed by atoms with Gasteiger partial charge in [-0.2, -0.15) is 0 Å². The minimum absolute atomic E-state index is 0.873. The summed E-state index contributed by atoms with van der Waals surface area (Å²) in [4.78, 5) is 4.14. The Hall–Kier alpha value is -0.410. The topological polar surface area (TPSA) is 12.9 Å². The Morgan fingerprint density at radius 1 is 1.00 bits per heavy atom. The lowest BCUT2D eigenvalue weighted by molar-refractivity contribution is 1.31. The van der Waals surface area contributed by atoms with Crippen LogP contribution < -0.4 is 0 Å². The number of nitrogens with zero attached hydrogens (tertiary/aromatic N) is 1. The molecule has 0 unspecified atom stereocenters. The zero-order valence-electron chi connectivity index (χ0n) is 6.09. The number of fused-ring (bicyclic) bond motifs is 1. The smallest absolute Gasteiger partial charge is 0.106 e. The molecule has 0 aliphatic carbocycles. The summed E-state index contributed by atoms with van der Waals surface area (Å²) in [5.74, 6) is 0. The molecule has 0 saturated carbocycles. The fourth-order valence-corrected chi connectivity index (χ4v) is 1.81. The van der Waals surface area contributed by atoms with Gasteiger partial charge in [0.15, 0.2) is 0 Å². The van der Waals surface area contributed by atoms with E-state index >= 15 is 0 Å². The van der Waals surface area contributed by atoms with E-state index < -0.39 is 0 Å².